The maximum Gasteiger partial charge on any atom is 0.236 e. The lowest BCUT2D eigenvalue weighted by Crippen LogP contribution is -2.35. The molecule has 1 aliphatic rings. The first-order chi connectivity index (χ1) is 8.24. The molecule has 1 aromatic rings. The van der Waals surface area contributed by atoms with E-state index < -0.39 is 0 Å². The van der Waals surface area contributed by atoms with Crippen LogP contribution >= 0.6 is 15.9 Å². The Kier molecular flexibility index (Phi) is 4.15. The van der Waals surface area contributed by atoms with Crippen molar-refractivity contribution in [2.24, 2.45) is 0 Å². The quantitative estimate of drug-likeness (QED) is 0.804. The summed E-state index contributed by atoms with van der Waals surface area (Å²) in [5, 5.41) is 0. The molecule has 1 aromatic heterocycles. The van der Waals surface area contributed by atoms with E-state index in [1.165, 1.54) is 0 Å². The number of aromatic nitrogens is 1. The van der Waals surface area contributed by atoms with Crippen LogP contribution in [0.15, 0.2) is 24.5 Å². The monoisotopic (exact) mass is 296 g/mol. The van der Waals surface area contributed by atoms with E-state index in [9.17, 15) is 4.79 Å². The molecule has 0 N–H and O–H groups in total. The van der Waals surface area contributed by atoms with Gasteiger partial charge in [-0.2, -0.15) is 0 Å². The molecule has 1 saturated heterocycles. The summed E-state index contributed by atoms with van der Waals surface area (Å²) < 4.78 is 0. The second kappa shape index (κ2) is 5.63. The summed E-state index contributed by atoms with van der Waals surface area (Å²) in [7, 11) is 0. The van der Waals surface area contributed by atoms with Crippen LogP contribution in [0.25, 0.3) is 0 Å². The molecule has 2 rings (SSSR count). The first-order valence-electron chi connectivity index (χ1n) is 6.08. The number of carbonyl (C=O) groups is 1. The average molecular weight is 297 g/mol. The lowest BCUT2D eigenvalue weighted by atomic mass is 10.1. The van der Waals surface area contributed by atoms with Crippen molar-refractivity contribution in [3.8, 4) is 0 Å². The molecule has 4 heteroatoms. The Labute approximate surface area is 110 Å². The zero-order chi connectivity index (χ0) is 12.3. The molecule has 1 amide bonds. The lowest BCUT2D eigenvalue weighted by Gasteiger charge is -2.26. The van der Waals surface area contributed by atoms with E-state index in [2.05, 4.69) is 27.0 Å². The Morgan fingerprint density at radius 2 is 2.53 bits per heavy atom. The molecule has 0 spiro atoms. The molecular formula is C13H17BrN2O. The molecule has 0 aliphatic carbocycles. The van der Waals surface area contributed by atoms with E-state index in [0.29, 0.717) is 0 Å². The van der Waals surface area contributed by atoms with Gasteiger partial charge in [0, 0.05) is 18.9 Å². The van der Waals surface area contributed by atoms with Gasteiger partial charge in [-0.15, -0.1) is 0 Å². The summed E-state index contributed by atoms with van der Waals surface area (Å²) in [6.45, 7) is 2.88. The van der Waals surface area contributed by atoms with Gasteiger partial charge in [-0.3, -0.25) is 9.78 Å². The first-order valence-corrected chi connectivity index (χ1v) is 7.00. The van der Waals surface area contributed by atoms with Gasteiger partial charge in [0.15, 0.2) is 0 Å². The standard InChI is InChI=1S/C13H17BrN2O/c1-2-11(14)13(17)16-8-4-6-12(16)10-5-3-7-15-9-10/h3,5,7,9,11-12H,2,4,6,8H2,1H3. The zero-order valence-corrected chi connectivity index (χ0v) is 11.6. The van der Waals surface area contributed by atoms with Crippen molar-refractivity contribution in [3.63, 3.8) is 0 Å². The highest BCUT2D eigenvalue weighted by atomic mass is 79.9. The normalized spacial score (nSPS) is 21.5. The number of carbonyl (C=O) groups excluding carboxylic acids is 1. The maximum atomic E-state index is 12.2. The number of alkyl halides is 1. The molecule has 0 aromatic carbocycles. The molecule has 0 bridgehead atoms. The predicted molar refractivity (Wildman–Crippen MR) is 70.9 cm³/mol. The van der Waals surface area contributed by atoms with E-state index in [1.807, 2.05) is 24.1 Å². The zero-order valence-electron chi connectivity index (χ0n) is 9.97. The Hall–Kier alpha value is -0.900. The van der Waals surface area contributed by atoms with E-state index >= 15 is 0 Å². The number of halogens is 1. The Bertz CT molecular complexity index is 382. The van der Waals surface area contributed by atoms with Crippen LogP contribution in [0.2, 0.25) is 0 Å². The molecule has 1 aliphatic heterocycles. The molecule has 2 atom stereocenters. The van der Waals surface area contributed by atoms with Crippen molar-refractivity contribution in [2.75, 3.05) is 6.54 Å². The lowest BCUT2D eigenvalue weighted by molar-refractivity contribution is -0.131. The minimum absolute atomic E-state index is 0.0558. The van der Waals surface area contributed by atoms with Crippen molar-refractivity contribution in [1.29, 1.82) is 0 Å². The summed E-state index contributed by atoms with van der Waals surface area (Å²) in [5.74, 6) is 0.207. The number of hydrogen-bond donors (Lipinski definition) is 0. The minimum Gasteiger partial charge on any atom is -0.335 e. The van der Waals surface area contributed by atoms with Crippen LogP contribution in [0.5, 0.6) is 0 Å². The van der Waals surface area contributed by atoms with Crippen molar-refractivity contribution in [3.05, 3.63) is 30.1 Å². The van der Waals surface area contributed by atoms with E-state index in [-0.39, 0.29) is 16.8 Å². The number of amides is 1. The fraction of sp³-hybridized carbons (Fsp3) is 0.538. The fourth-order valence-corrected chi connectivity index (χ4v) is 2.57. The molecule has 2 unspecified atom stereocenters. The predicted octanol–water partition coefficient (Wildman–Crippen LogP) is 2.92. The van der Waals surface area contributed by atoms with Gasteiger partial charge in [0.1, 0.15) is 0 Å². The third-order valence-electron chi connectivity index (χ3n) is 3.23. The van der Waals surface area contributed by atoms with E-state index in [1.54, 1.807) is 6.20 Å². The average Bonchev–Trinajstić information content (AvgIpc) is 2.87. The third kappa shape index (κ3) is 2.68. The van der Waals surface area contributed by atoms with Crippen LogP contribution in [0.4, 0.5) is 0 Å². The summed E-state index contributed by atoms with van der Waals surface area (Å²) in [6.07, 6.45) is 6.58. The number of nitrogens with zero attached hydrogens (tertiary/aromatic N) is 2. The van der Waals surface area contributed by atoms with Gasteiger partial charge in [0.05, 0.1) is 10.9 Å². The Balaban J connectivity index is 2.15. The number of pyridine rings is 1. The molecule has 3 nitrogen and oxygen atoms in total. The summed E-state index contributed by atoms with van der Waals surface area (Å²) >= 11 is 3.45. The molecule has 17 heavy (non-hydrogen) atoms. The minimum atomic E-state index is -0.0558. The van der Waals surface area contributed by atoms with E-state index in [0.717, 1.165) is 31.4 Å². The smallest absolute Gasteiger partial charge is 0.236 e. The first kappa shape index (κ1) is 12.6. The fourth-order valence-electron chi connectivity index (χ4n) is 2.30. The van der Waals surface area contributed by atoms with Crippen LogP contribution in [0.1, 0.15) is 37.8 Å². The van der Waals surface area contributed by atoms with Crippen LogP contribution in [0, 0.1) is 0 Å². The highest BCUT2D eigenvalue weighted by Gasteiger charge is 2.32. The summed E-state index contributed by atoms with van der Waals surface area (Å²) in [4.78, 5) is 18.3. The van der Waals surface area contributed by atoms with Crippen LogP contribution in [-0.2, 0) is 4.79 Å². The van der Waals surface area contributed by atoms with Gasteiger partial charge in [0.2, 0.25) is 5.91 Å². The van der Waals surface area contributed by atoms with Crippen molar-refractivity contribution >= 4 is 21.8 Å². The van der Waals surface area contributed by atoms with Crippen LogP contribution in [-0.4, -0.2) is 27.2 Å². The van der Waals surface area contributed by atoms with Crippen LogP contribution < -0.4 is 0 Å². The van der Waals surface area contributed by atoms with E-state index in [4.69, 9.17) is 0 Å². The number of rotatable bonds is 3. The molecule has 1 fully saturated rings. The molecule has 2 heterocycles. The molecule has 92 valence electrons. The highest BCUT2D eigenvalue weighted by molar-refractivity contribution is 9.10. The van der Waals surface area contributed by atoms with Crippen molar-refractivity contribution in [1.82, 2.24) is 9.88 Å². The summed E-state index contributed by atoms with van der Waals surface area (Å²) in [5.41, 5.74) is 1.15. The van der Waals surface area contributed by atoms with Crippen LogP contribution in [0.3, 0.4) is 0 Å². The topological polar surface area (TPSA) is 33.2 Å². The highest BCUT2D eigenvalue weighted by Crippen LogP contribution is 2.32. The largest absolute Gasteiger partial charge is 0.335 e. The van der Waals surface area contributed by atoms with Gasteiger partial charge in [-0.1, -0.05) is 28.9 Å². The van der Waals surface area contributed by atoms with Gasteiger partial charge < -0.3 is 4.90 Å². The second-order valence-electron chi connectivity index (χ2n) is 4.35. The third-order valence-corrected chi connectivity index (χ3v) is 4.27. The number of hydrogen-bond acceptors (Lipinski definition) is 2. The number of likely N-dealkylation sites (tertiary alicyclic amines) is 1. The SMILES string of the molecule is CCC(Br)C(=O)N1CCCC1c1cccnc1. The van der Waals surface area contributed by atoms with Gasteiger partial charge in [0.25, 0.3) is 0 Å². The van der Waals surface area contributed by atoms with Crippen molar-refractivity contribution in [2.45, 2.75) is 37.1 Å². The second-order valence-corrected chi connectivity index (χ2v) is 5.46. The maximum absolute atomic E-state index is 12.2. The molecule has 0 radical (unpaired) electrons. The van der Waals surface area contributed by atoms with Gasteiger partial charge in [-0.25, -0.2) is 0 Å². The van der Waals surface area contributed by atoms with Gasteiger partial charge in [-0.05, 0) is 30.9 Å². The molecular weight excluding hydrogens is 280 g/mol. The van der Waals surface area contributed by atoms with Gasteiger partial charge >= 0.3 is 0 Å². The van der Waals surface area contributed by atoms with Crippen molar-refractivity contribution < 1.29 is 4.79 Å². The Morgan fingerprint density at radius 3 is 3.18 bits per heavy atom. The summed E-state index contributed by atoms with van der Waals surface area (Å²) in [6, 6.07) is 4.20. The Morgan fingerprint density at radius 1 is 1.71 bits per heavy atom. The molecule has 0 saturated carbocycles.